The van der Waals surface area contributed by atoms with Gasteiger partial charge in [-0.15, -0.1) is 0 Å². The van der Waals surface area contributed by atoms with Gasteiger partial charge in [0.25, 0.3) is 0 Å². The fraction of sp³-hybridized carbons (Fsp3) is 0.200. The second kappa shape index (κ2) is 6.32. The summed E-state index contributed by atoms with van der Waals surface area (Å²) in [5.74, 6) is 0.0275. The minimum absolute atomic E-state index is 0.0246. The fourth-order valence-electron chi connectivity index (χ4n) is 2.61. The average Bonchev–Trinajstić information content (AvgIpc) is 2.95. The lowest BCUT2D eigenvalue weighted by Crippen LogP contribution is -2.11. The first-order valence-electron chi connectivity index (χ1n) is 7.73. The first kappa shape index (κ1) is 16.0. The van der Waals surface area contributed by atoms with E-state index in [0.29, 0.717) is 11.3 Å². The maximum Gasteiger partial charge on any atom is 0.315 e. The summed E-state index contributed by atoms with van der Waals surface area (Å²) in [7, 11) is 0. The molecule has 4 heteroatoms. The average molecular weight is 322 g/mol. The summed E-state index contributed by atoms with van der Waals surface area (Å²) in [6.45, 7) is 5.52. The maximum absolute atomic E-state index is 12.2. The molecule has 0 N–H and O–H groups in total. The van der Waals surface area contributed by atoms with Gasteiger partial charge >= 0.3 is 5.97 Å². The third-order valence-corrected chi connectivity index (χ3v) is 4.17. The normalized spacial score (nSPS) is 10.8. The Labute approximate surface area is 140 Å². The highest BCUT2D eigenvalue weighted by Crippen LogP contribution is 2.27. The van der Waals surface area contributed by atoms with E-state index < -0.39 is 0 Å². The molecule has 3 aromatic rings. The number of Topliss-reactive ketones (excluding diaryl/α,β-unsaturated/α-hetero) is 1. The standard InChI is InChI=1S/C20H18O4/c1-12-4-9-18-16(11-23-20(18)13(12)2)10-19(22)24-17-7-5-15(6-8-17)14(3)21/h4-9,11H,10H2,1-3H3. The van der Waals surface area contributed by atoms with Gasteiger partial charge in [0, 0.05) is 16.5 Å². The van der Waals surface area contributed by atoms with E-state index in [9.17, 15) is 9.59 Å². The smallest absolute Gasteiger partial charge is 0.315 e. The van der Waals surface area contributed by atoms with Crippen LogP contribution in [0.15, 0.2) is 47.1 Å². The lowest BCUT2D eigenvalue weighted by atomic mass is 10.0. The molecule has 122 valence electrons. The molecule has 0 saturated carbocycles. The molecule has 0 unspecified atom stereocenters. The van der Waals surface area contributed by atoms with Crippen molar-refractivity contribution in [2.24, 2.45) is 0 Å². The molecular weight excluding hydrogens is 304 g/mol. The van der Waals surface area contributed by atoms with Crippen molar-refractivity contribution >= 4 is 22.7 Å². The van der Waals surface area contributed by atoms with Gasteiger partial charge in [-0.2, -0.15) is 0 Å². The van der Waals surface area contributed by atoms with Crippen molar-refractivity contribution in [2.75, 3.05) is 0 Å². The highest BCUT2D eigenvalue weighted by Gasteiger charge is 2.14. The van der Waals surface area contributed by atoms with Crippen LogP contribution in [-0.4, -0.2) is 11.8 Å². The summed E-state index contributed by atoms with van der Waals surface area (Å²) in [6, 6.07) is 10.5. The third kappa shape index (κ3) is 3.08. The largest absolute Gasteiger partial charge is 0.464 e. The van der Waals surface area contributed by atoms with E-state index in [1.54, 1.807) is 30.5 Å². The lowest BCUT2D eigenvalue weighted by molar-refractivity contribution is -0.133. The Bertz CT molecular complexity index is 917. The van der Waals surface area contributed by atoms with E-state index in [-0.39, 0.29) is 18.2 Å². The summed E-state index contributed by atoms with van der Waals surface area (Å²) >= 11 is 0. The number of carbonyl (C=O) groups excluding carboxylic acids is 2. The Morgan fingerprint density at radius 3 is 2.42 bits per heavy atom. The number of benzene rings is 2. The van der Waals surface area contributed by atoms with Crippen molar-refractivity contribution in [3.8, 4) is 5.75 Å². The number of esters is 1. The lowest BCUT2D eigenvalue weighted by Gasteiger charge is -2.05. The molecule has 0 aliphatic carbocycles. The predicted octanol–water partition coefficient (Wildman–Crippen LogP) is 4.40. The maximum atomic E-state index is 12.2. The van der Waals surface area contributed by atoms with Crippen molar-refractivity contribution in [3.63, 3.8) is 0 Å². The zero-order valence-electron chi connectivity index (χ0n) is 13.9. The topological polar surface area (TPSA) is 56.5 Å². The fourth-order valence-corrected chi connectivity index (χ4v) is 2.61. The number of hydrogen-bond donors (Lipinski definition) is 0. The zero-order chi connectivity index (χ0) is 17.3. The number of furan rings is 1. The van der Waals surface area contributed by atoms with Crippen molar-refractivity contribution in [1.82, 2.24) is 0 Å². The number of carbonyl (C=O) groups is 2. The van der Waals surface area contributed by atoms with Crippen molar-refractivity contribution in [2.45, 2.75) is 27.2 Å². The molecule has 0 spiro atoms. The first-order valence-corrected chi connectivity index (χ1v) is 7.73. The van der Waals surface area contributed by atoms with Gasteiger partial charge in [-0.1, -0.05) is 12.1 Å². The van der Waals surface area contributed by atoms with Crippen LogP contribution in [-0.2, 0) is 11.2 Å². The monoisotopic (exact) mass is 322 g/mol. The van der Waals surface area contributed by atoms with Crippen LogP contribution in [0.2, 0.25) is 0 Å². The summed E-state index contributed by atoms with van der Waals surface area (Å²) in [5, 5.41) is 0.932. The van der Waals surface area contributed by atoms with E-state index in [1.165, 1.54) is 6.92 Å². The molecular formula is C20H18O4. The zero-order valence-corrected chi connectivity index (χ0v) is 13.9. The molecule has 3 rings (SSSR count). The second-order valence-corrected chi connectivity index (χ2v) is 5.88. The van der Waals surface area contributed by atoms with Crippen molar-refractivity contribution in [3.05, 3.63) is 64.9 Å². The second-order valence-electron chi connectivity index (χ2n) is 5.88. The van der Waals surface area contributed by atoms with Crippen LogP contribution in [0.25, 0.3) is 11.0 Å². The molecule has 24 heavy (non-hydrogen) atoms. The van der Waals surface area contributed by atoms with Crippen molar-refractivity contribution in [1.29, 1.82) is 0 Å². The Morgan fingerprint density at radius 1 is 1.04 bits per heavy atom. The molecule has 1 heterocycles. The van der Waals surface area contributed by atoms with Gasteiger partial charge < -0.3 is 9.15 Å². The highest BCUT2D eigenvalue weighted by atomic mass is 16.5. The number of aryl methyl sites for hydroxylation is 2. The van der Waals surface area contributed by atoms with Gasteiger partial charge in [-0.3, -0.25) is 9.59 Å². The highest BCUT2D eigenvalue weighted by molar-refractivity contribution is 5.94. The van der Waals surface area contributed by atoms with Crippen LogP contribution in [0.5, 0.6) is 5.75 Å². The van der Waals surface area contributed by atoms with Gasteiger partial charge in [0.2, 0.25) is 0 Å². The molecule has 2 aromatic carbocycles. The van der Waals surface area contributed by atoms with Crippen LogP contribution in [0.1, 0.15) is 34.0 Å². The number of ether oxygens (including phenoxy) is 1. The summed E-state index contributed by atoms with van der Waals surface area (Å²) < 4.78 is 10.9. The van der Waals surface area contributed by atoms with Crippen LogP contribution >= 0.6 is 0 Å². The third-order valence-electron chi connectivity index (χ3n) is 4.17. The van der Waals surface area contributed by atoms with Gasteiger partial charge in [-0.25, -0.2) is 0 Å². The Kier molecular flexibility index (Phi) is 4.21. The van der Waals surface area contributed by atoms with E-state index in [2.05, 4.69) is 0 Å². The first-order chi connectivity index (χ1) is 11.5. The van der Waals surface area contributed by atoms with E-state index in [1.807, 2.05) is 26.0 Å². The van der Waals surface area contributed by atoms with Gasteiger partial charge in [0.1, 0.15) is 11.3 Å². The summed E-state index contributed by atoms with van der Waals surface area (Å²) in [4.78, 5) is 23.4. The molecule has 1 aromatic heterocycles. The minimum Gasteiger partial charge on any atom is -0.464 e. The van der Waals surface area contributed by atoms with Crippen molar-refractivity contribution < 1.29 is 18.7 Å². The number of rotatable bonds is 4. The predicted molar refractivity (Wildman–Crippen MR) is 91.5 cm³/mol. The van der Waals surface area contributed by atoms with Gasteiger partial charge in [-0.05, 0) is 56.2 Å². The number of fused-ring (bicyclic) bond motifs is 1. The minimum atomic E-state index is -0.369. The van der Waals surface area contributed by atoms with Crippen LogP contribution < -0.4 is 4.74 Å². The molecule has 0 fully saturated rings. The molecule has 4 nitrogen and oxygen atoms in total. The van der Waals surface area contributed by atoms with E-state index >= 15 is 0 Å². The molecule has 0 amide bonds. The molecule has 0 saturated heterocycles. The number of hydrogen-bond acceptors (Lipinski definition) is 4. The molecule has 0 radical (unpaired) electrons. The summed E-state index contributed by atoms with van der Waals surface area (Å²) in [6.07, 6.45) is 1.74. The molecule has 0 aliphatic heterocycles. The molecule has 0 aliphatic rings. The SMILES string of the molecule is CC(=O)c1ccc(OC(=O)Cc2coc3c(C)c(C)ccc23)cc1. The van der Waals surface area contributed by atoms with Gasteiger partial charge in [0.05, 0.1) is 12.7 Å². The number of ketones is 1. The molecule has 0 bridgehead atoms. The Morgan fingerprint density at radius 2 is 1.75 bits per heavy atom. The Balaban J connectivity index is 1.75. The van der Waals surface area contributed by atoms with Crippen LogP contribution in [0.3, 0.4) is 0 Å². The van der Waals surface area contributed by atoms with Gasteiger partial charge in [0.15, 0.2) is 5.78 Å². The van der Waals surface area contributed by atoms with E-state index in [4.69, 9.17) is 9.15 Å². The van der Waals surface area contributed by atoms with E-state index in [0.717, 1.165) is 27.7 Å². The summed E-state index contributed by atoms with van der Waals surface area (Å²) in [5.41, 5.74) is 4.42. The quantitative estimate of drug-likeness (QED) is 0.406. The molecule has 0 atom stereocenters. The Hall–Kier alpha value is -2.88. The van der Waals surface area contributed by atoms with Crippen LogP contribution in [0, 0.1) is 13.8 Å². The van der Waals surface area contributed by atoms with Crippen LogP contribution in [0.4, 0.5) is 0 Å².